The van der Waals surface area contributed by atoms with Gasteiger partial charge in [0.2, 0.25) is 0 Å². The van der Waals surface area contributed by atoms with Crippen LogP contribution in [0.25, 0.3) is 0 Å². The van der Waals surface area contributed by atoms with Crippen LogP contribution in [0.2, 0.25) is 0 Å². The van der Waals surface area contributed by atoms with Crippen LogP contribution in [0.4, 0.5) is 0 Å². The summed E-state index contributed by atoms with van der Waals surface area (Å²) in [7, 11) is 0. The summed E-state index contributed by atoms with van der Waals surface area (Å²) in [4.78, 5) is 0. The average molecular weight is 312 g/mol. The van der Waals surface area contributed by atoms with Crippen molar-refractivity contribution in [1.29, 1.82) is 0 Å². The summed E-state index contributed by atoms with van der Waals surface area (Å²) < 4.78 is 7.29. The van der Waals surface area contributed by atoms with Crippen LogP contribution >= 0.6 is 15.9 Å². The van der Waals surface area contributed by atoms with E-state index in [0.29, 0.717) is 6.04 Å². The molecule has 0 saturated carbocycles. The fraction of sp³-hybridized carbons (Fsp3) is 0.600. The summed E-state index contributed by atoms with van der Waals surface area (Å²) in [6.07, 6.45) is 3.23. The normalized spacial score (nSPS) is 26.6. The molecule has 0 fully saturated rings. The van der Waals surface area contributed by atoms with Crippen LogP contribution in [0.15, 0.2) is 22.7 Å². The standard InChI is InChI=1S/C15H22BrNO/c1-4-8-17-13-10-15(3,5-2)18-14-7-6-11(16)9-12(13)14/h6-7,9,13,17H,4-5,8,10H2,1-3H3. The maximum atomic E-state index is 6.17. The Hall–Kier alpha value is -0.540. The molecule has 2 atom stereocenters. The molecule has 2 nitrogen and oxygen atoms in total. The minimum absolute atomic E-state index is 0.0494. The fourth-order valence-corrected chi connectivity index (χ4v) is 2.83. The third-order valence-corrected chi connectivity index (χ3v) is 4.22. The van der Waals surface area contributed by atoms with Crippen molar-refractivity contribution in [3.05, 3.63) is 28.2 Å². The van der Waals surface area contributed by atoms with Gasteiger partial charge in [-0.25, -0.2) is 0 Å². The molecule has 0 aliphatic carbocycles. The van der Waals surface area contributed by atoms with Gasteiger partial charge in [-0.15, -0.1) is 0 Å². The number of benzene rings is 1. The van der Waals surface area contributed by atoms with Gasteiger partial charge in [0.1, 0.15) is 11.4 Å². The number of fused-ring (bicyclic) bond motifs is 1. The molecule has 1 aromatic carbocycles. The molecule has 0 saturated heterocycles. The molecule has 0 amide bonds. The molecule has 0 spiro atoms. The summed E-state index contributed by atoms with van der Waals surface area (Å²) in [5.74, 6) is 1.03. The van der Waals surface area contributed by atoms with Crippen molar-refractivity contribution in [2.24, 2.45) is 0 Å². The van der Waals surface area contributed by atoms with Crippen molar-refractivity contribution in [3.63, 3.8) is 0 Å². The fourth-order valence-electron chi connectivity index (χ4n) is 2.45. The zero-order valence-corrected chi connectivity index (χ0v) is 13.0. The number of hydrogen-bond donors (Lipinski definition) is 1. The highest BCUT2D eigenvalue weighted by molar-refractivity contribution is 9.10. The summed E-state index contributed by atoms with van der Waals surface area (Å²) >= 11 is 3.55. The summed E-state index contributed by atoms with van der Waals surface area (Å²) in [5, 5.41) is 3.64. The van der Waals surface area contributed by atoms with Crippen LogP contribution in [0.5, 0.6) is 5.75 Å². The zero-order chi connectivity index (χ0) is 13.2. The maximum Gasteiger partial charge on any atom is 0.124 e. The van der Waals surface area contributed by atoms with Crippen molar-refractivity contribution < 1.29 is 4.74 Å². The monoisotopic (exact) mass is 311 g/mol. The Morgan fingerprint density at radius 1 is 1.44 bits per heavy atom. The van der Waals surface area contributed by atoms with Gasteiger partial charge in [0.15, 0.2) is 0 Å². The van der Waals surface area contributed by atoms with Gasteiger partial charge >= 0.3 is 0 Å². The topological polar surface area (TPSA) is 21.3 Å². The number of halogens is 1. The van der Waals surface area contributed by atoms with Crippen LogP contribution in [0.3, 0.4) is 0 Å². The van der Waals surface area contributed by atoms with E-state index in [1.807, 2.05) is 0 Å². The van der Waals surface area contributed by atoms with E-state index in [2.05, 4.69) is 60.2 Å². The Kier molecular flexibility index (Phi) is 4.33. The second-order valence-electron chi connectivity index (χ2n) is 5.30. The molecule has 2 unspecified atom stereocenters. The van der Waals surface area contributed by atoms with Crippen molar-refractivity contribution in [1.82, 2.24) is 5.32 Å². The van der Waals surface area contributed by atoms with Crippen LogP contribution in [-0.4, -0.2) is 12.1 Å². The Balaban J connectivity index is 2.31. The summed E-state index contributed by atoms with van der Waals surface area (Å²) in [5.41, 5.74) is 1.23. The molecule has 18 heavy (non-hydrogen) atoms. The lowest BCUT2D eigenvalue weighted by atomic mass is 9.86. The van der Waals surface area contributed by atoms with E-state index in [4.69, 9.17) is 4.74 Å². The van der Waals surface area contributed by atoms with Crippen LogP contribution in [0, 0.1) is 0 Å². The van der Waals surface area contributed by atoms with Gasteiger partial charge in [0.25, 0.3) is 0 Å². The number of rotatable bonds is 4. The van der Waals surface area contributed by atoms with Crippen molar-refractivity contribution >= 4 is 15.9 Å². The number of nitrogens with one attached hydrogen (secondary N) is 1. The zero-order valence-electron chi connectivity index (χ0n) is 11.4. The van der Waals surface area contributed by atoms with E-state index in [1.54, 1.807) is 0 Å². The predicted octanol–water partition coefficient (Wildman–Crippen LogP) is 4.44. The second kappa shape index (κ2) is 5.62. The molecule has 0 bridgehead atoms. The van der Waals surface area contributed by atoms with E-state index < -0.39 is 0 Å². The molecule has 100 valence electrons. The molecule has 1 aromatic rings. The second-order valence-corrected chi connectivity index (χ2v) is 6.21. The Bertz CT molecular complexity index is 421. The lowest BCUT2D eigenvalue weighted by Crippen LogP contribution is -2.41. The highest BCUT2D eigenvalue weighted by Gasteiger charge is 2.35. The summed E-state index contributed by atoms with van der Waals surface area (Å²) in [6.45, 7) is 7.66. The SMILES string of the molecule is CCCNC1CC(C)(CC)Oc2ccc(Br)cc21. The minimum Gasteiger partial charge on any atom is -0.487 e. The predicted molar refractivity (Wildman–Crippen MR) is 79.1 cm³/mol. The van der Waals surface area contributed by atoms with Crippen molar-refractivity contribution in [2.45, 2.75) is 51.7 Å². The third kappa shape index (κ3) is 2.89. The Labute approximate surface area is 118 Å². The third-order valence-electron chi connectivity index (χ3n) is 3.73. The molecule has 1 N–H and O–H groups in total. The van der Waals surface area contributed by atoms with Gasteiger partial charge in [-0.05, 0) is 44.5 Å². The van der Waals surface area contributed by atoms with Gasteiger partial charge in [0.05, 0.1) is 0 Å². The smallest absolute Gasteiger partial charge is 0.124 e. The number of ether oxygens (including phenoxy) is 1. The molecular weight excluding hydrogens is 290 g/mol. The van der Waals surface area contributed by atoms with Gasteiger partial charge in [-0.2, -0.15) is 0 Å². The molecule has 3 heteroatoms. The van der Waals surface area contributed by atoms with Gasteiger partial charge in [0, 0.05) is 22.5 Å². The van der Waals surface area contributed by atoms with E-state index >= 15 is 0 Å². The highest BCUT2D eigenvalue weighted by atomic mass is 79.9. The molecule has 1 heterocycles. The van der Waals surface area contributed by atoms with E-state index in [9.17, 15) is 0 Å². The molecule has 2 rings (SSSR count). The Morgan fingerprint density at radius 3 is 2.89 bits per heavy atom. The van der Waals surface area contributed by atoms with E-state index in [0.717, 1.165) is 36.0 Å². The lowest BCUT2D eigenvalue weighted by molar-refractivity contribution is 0.0443. The first kappa shape index (κ1) is 13.9. The molecule has 1 aliphatic heterocycles. The highest BCUT2D eigenvalue weighted by Crippen LogP contribution is 2.41. The van der Waals surface area contributed by atoms with Crippen molar-refractivity contribution in [2.75, 3.05) is 6.54 Å². The van der Waals surface area contributed by atoms with Gasteiger partial charge in [-0.3, -0.25) is 0 Å². The first-order chi connectivity index (χ1) is 8.58. The maximum absolute atomic E-state index is 6.17. The molecule has 1 aliphatic rings. The average Bonchev–Trinajstić information content (AvgIpc) is 2.37. The van der Waals surface area contributed by atoms with E-state index in [-0.39, 0.29) is 5.60 Å². The largest absolute Gasteiger partial charge is 0.487 e. The summed E-state index contributed by atoms with van der Waals surface area (Å²) in [6, 6.07) is 6.71. The number of hydrogen-bond acceptors (Lipinski definition) is 2. The quantitative estimate of drug-likeness (QED) is 0.887. The van der Waals surface area contributed by atoms with Gasteiger partial charge < -0.3 is 10.1 Å². The Morgan fingerprint density at radius 2 is 2.22 bits per heavy atom. The first-order valence-corrected chi connectivity index (χ1v) is 7.59. The van der Waals surface area contributed by atoms with Crippen LogP contribution < -0.4 is 10.1 Å². The van der Waals surface area contributed by atoms with Crippen LogP contribution in [-0.2, 0) is 0 Å². The van der Waals surface area contributed by atoms with E-state index in [1.165, 1.54) is 5.56 Å². The first-order valence-electron chi connectivity index (χ1n) is 6.80. The molecular formula is C15H22BrNO. The minimum atomic E-state index is -0.0494. The molecule has 0 radical (unpaired) electrons. The van der Waals surface area contributed by atoms with Crippen molar-refractivity contribution in [3.8, 4) is 5.75 Å². The lowest BCUT2D eigenvalue weighted by Gasteiger charge is -2.40. The van der Waals surface area contributed by atoms with Crippen LogP contribution in [0.1, 0.15) is 51.6 Å². The molecule has 0 aromatic heterocycles. The van der Waals surface area contributed by atoms with Gasteiger partial charge in [-0.1, -0.05) is 29.8 Å².